The fraction of sp³-hybridized carbons (Fsp3) is 0.0769. The number of carboxylic acid groups (broad SMARTS) is 1. The summed E-state index contributed by atoms with van der Waals surface area (Å²) in [5, 5.41) is 16.1. The van der Waals surface area contributed by atoms with Crippen molar-refractivity contribution in [1.29, 1.82) is 0 Å². The Morgan fingerprint density at radius 1 is 1.30 bits per heavy atom. The van der Waals surface area contributed by atoms with E-state index in [0.717, 1.165) is 4.88 Å². The van der Waals surface area contributed by atoms with Crippen molar-refractivity contribution in [3.05, 3.63) is 51.2 Å². The zero-order valence-electron chi connectivity index (χ0n) is 10.2. The van der Waals surface area contributed by atoms with Crippen molar-refractivity contribution < 1.29 is 14.7 Å². The number of carbonyl (C=O) groups is 2. The van der Waals surface area contributed by atoms with Gasteiger partial charge >= 0.3 is 12.0 Å². The minimum atomic E-state index is -1.11. The predicted octanol–water partition coefficient (Wildman–Crippen LogP) is 3.42. The predicted molar refractivity (Wildman–Crippen MR) is 78.6 cm³/mol. The van der Waals surface area contributed by atoms with E-state index in [1.165, 1.54) is 18.2 Å². The number of urea groups is 1. The van der Waals surface area contributed by atoms with E-state index in [0.29, 0.717) is 12.2 Å². The third kappa shape index (κ3) is 3.72. The zero-order chi connectivity index (χ0) is 14.5. The number of aromatic carboxylic acids is 1. The van der Waals surface area contributed by atoms with Crippen LogP contribution in [-0.2, 0) is 6.54 Å². The number of hydrogen-bond donors (Lipinski definition) is 3. The Morgan fingerprint density at radius 3 is 2.70 bits per heavy atom. The van der Waals surface area contributed by atoms with Gasteiger partial charge in [0, 0.05) is 10.6 Å². The van der Waals surface area contributed by atoms with Crippen molar-refractivity contribution in [3.8, 4) is 0 Å². The maximum absolute atomic E-state index is 11.7. The molecule has 0 aliphatic rings. The summed E-state index contributed by atoms with van der Waals surface area (Å²) in [5.41, 5.74) is 0.430. The van der Waals surface area contributed by atoms with E-state index in [1.54, 1.807) is 11.3 Å². The van der Waals surface area contributed by atoms with Gasteiger partial charge in [-0.15, -0.1) is 11.3 Å². The first-order valence-electron chi connectivity index (χ1n) is 5.66. The van der Waals surface area contributed by atoms with Gasteiger partial charge in [0.25, 0.3) is 0 Å². The number of amides is 2. The Bertz CT molecular complexity index is 629. The van der Waals surface area contributed by atoms with E-state index in [2.05, 4.69) is 10.6 Å². The van der Waals surface area contributed by atoms with Crippen LogP contribution in [0, 0.1) is 0 Å². The Labute approximate surface area is 124 Å². The average molecular weight is 311 g/mol. The minimum absolute atomic E-state index is 0.00351. The highest BCUT2D eigenvalue weighted by Gasteiger charge is 2.10. The summed E-state index contributed by atoms with van der Waals surface area (Å²) in [4.78, 5) is 23.5. The summed E-state index contributed by atoms with van der Waals surface area (Å²) in [6, 6.07) is 7.68. The molecule has 1 heterocycles. The number of carbonyl (C=O) groups excluding carboxylic acids is 1. The zero-order valence-corrected chi connectivity index (χ0v) is 11.8. The third-order valence-corrected chi connectivity index (χ3v) is 3.65. The largest absolute Gasteiger partial charge is 0.478 e. The van der Waals surface area contributed by atoms with Crippen molar-refractivity contribution in [2.45, 2.75) is 6.54 Å². The van der Waals surface area contributed by atoms with Crippen molar-refractivity contribution in [3.63, 3.8) is 0 Å². The van der Waals surface area contributed by atoms with Crippen LogP contribution in [0.5, 0.6) is 0 Å². The summed E-state index contributed by atoms with van der Waals surface area (Å²) < 4.78 is 0. The van der Waals surface area contributed by atoms with Crippen molar-refractivity contribution in [1.82, 2.24) is 5.32 Å². The number of halogens is 1. The first-order chi connectivity index (χ1) is 9.56. The molecule has 0 saturated heterocycles. The summed E-state index contributed by atoms with van der Waals surface area (Å²) in [6.07, 6.45) is 0. The first kappa shape index (κ1) is 14.4. The van der Waals surface area contributed by atoms with E-state index in [4.69, 9.17) is 16.7 Å². The monoisotopic (exact) mass is 310 g/mol. The molecular weight excluding hydrogens is 300 g/mol. The van der Waals surface area contributed by atoms with Gasteiger partial charge < -0.3 is 15.7 Å². The summed E-state index contributed by atoms with van der Waals surface area (Å²) in [7, 11) is 0. The molecule has 0 saturated carbocycles. The van der Waals surface area contributed by atoms with Crippen LogP contribution in [0.15, 0.2) is 35.7 Å². The molecule has 1 aromatic heterocycles. The second kappa shape index (κ2) is 6.40. The molecule has 7 heteroatoms. The van der Waals surface area contributed by atoms with Crippen molar-refractivity contribution >= 4 is 40.6 Å². The number of rotatable bonds is 4. The van der Waals surface area contributed by atoms with E-state index >= 15 is 0 Å². The number of hydrogen-bond acceptors (Lipinski definition) is 3. The Morgan fingerprint density at radius 2 is 2.10 bits per heavy atom. The van der Waals surface area contributed by atoms with E-state index < -0.39 is 5.97 Å². The van der Waals surface area contributed by atoms with Gasteiger partial charge in [-0.2, -0.15) is 0 Å². The van der Waals surface area contributed by atoms with Crippen molar-refractivity contribution in [2.75, 3.05) is 5.32 Å². The van der Waals surface area contributed by atoms with Crippen LogP contribution < -0.4 is 10.6 Å². The van der Waals surface area contributed by atoms with E-state index in [-0.39, 0.29) is 16.6 Å². The SMILES string of the molecule is O=C(NCc1cccs1)Nc1ccc(C(=O)O)c(Cl)c1. The topological polar surface area (TPSA) is 78.4 Å². The molecular formula is C13H11ClN2O3S. The number of thiophene rings is 1. The second-order valence-corrected chi connectivity index (χ2v) is 5.33. The molecule has 2 aromatic rings. The quantitative estimate of drug-likeness (QED) is 0.809. The van der Waals surface area contributed by atoms with Crippen LogP contribution in [-0.4, -0.2) is 17.1 Å². The number of nitrogens with one attached hydrogen (secondary N) is 2. The summed E-state index contributed by atoms with van der Waals surface area (Å²) in [6.45, 7) is 0.435. The van der Waals surface area contributed by atoms with Crippen molar-refractivity contribution in [2.24, 2.45) is 0 Å². The number of anilines is 1. The molecule has 2 amide bonds. The summed E-state index contributed by atoms with van der Waals surface area (Å²) in [5.74, 6) is -1.11. The molecule has 20 heavy (non-hydrogen) atoms. The standard InChI is InChI=1S/C13H11ClN2O3S/c14-11-6-8(3-4-10(11)12(17)18)16-13(19)15-7-9-2-1-5-20-9/h1-6H,7H2,(H,17,18)(H2,15,16,19). The molecule has 0 atom stereocenters. The molecule has 0 bridgehead atoms. The molecule has 104 valence electrons. The number of carboxylic acids is 1. The van der Waals surface area contributed by atoms with Crippen LogP contribution in [0.25, 0.3) is 0 Å². The first-order valence-corrected chi connectivity index (χ1v) is 6.92. The van der Waals surface area contributed by atoms with Gasteiger partial charge in [-0.1, -0.05) is 17.7 Å². The van der Waals surface area contributed by atoms with Crippen LogP contribution >= 0.6 is 22.9 Å². The maximum Gasteiger partial charge on any atom is 0.337 e. The highest BCUT2D eigenvalue weighted by atomic mass is 35.5. The lowest BCUT2D eigenvalue weighted by atomic mass is 10.2. The fourth-order valence-corrected chi connectivity index (χ4v) is 2.43. The van der Waals surface area contributed by atoms with Gasteiger partial charge in [0.15, 0.2) is 0 Å². The fourth-order valence-electron chi connectivity index (χ4n) is 1.52. The highest BCUT2D eigenvalue weighted by molar-refractivity contribution is 7.09. The lowest BCUT2D eigenvalue weighted by Crippen LogP contribution is -2.27. The average Bonchev–Trinajstić information content (AvgIpc) is 2.89. The van der Waals surface area contributed by atoms with Crippen LogP contribution in [0.3, 0.4) is 0 Å². The molecule has 0 spiro atoms. The lowest BCUT2D eigenvalue weighted by Gasteiger charge is -2.08. The highest BCUT2D eigenvalue weighted by Crippen LogP contribution is 2.21. The van der Waals surface area contributed by atoms with Gasteiger partial charge in [0.2, 0.25) is 0 Å². The third-order valence-electron chi connectivity index (χ3n) is 2.46. The molecule has 1 aromatic carbocycles. The summed E-state index contributed by atoms with van der Waals surface area (Å²) >= 11 is 7.37. The van der Waals surface area contributed by atoms with E-state index in [9.17, 15) is 9.59 Å². The number of benzene rings is 1. The molecule has 0 aliphatic heterocycles. The Balaban J connectivity index is 1.94. The van der Waals surface area contributed by atoms with Gasteiger partial charge in [0.05, 0.1) is 17.1 Å². The Kier molecular flexibility index (Phi) is 4.60. The van der Waals surface area contributed by atoms with Crippen LogP contribution in [0.4, 0.5) is 10.5 Å². The molecule has 5 nitrogen and oxygen atoms in total. The Hall–Kier alpha value is -2.05. The lowest BCUT2D eigenvalue weighted by molar-refractivity contribution is 0.0697. The van der Waals surface area contributed by atoms with Gasteiger partial charge in [-0.3, -0.25) is 0 Å². The molecule has 3 N–H and O–H groups in total. The second-order valence-electron chi connectivity index (χ2n) is 3.89. The van der Waals surface area contributed by atoms with Gasteiger partial charge in [0.1, 0.15) is 0 Å². The van der Waals surface area contributed by atoms with Crippen LogP contribution in [0.2, 0.25) is 5.02 Å². The molecule has 2 rings (SSSR count). The normalized spacial score (nSPS) is 10.1. The molecule has 0 aliphatic carbocycles. The smallest absolute Gasteiger partial charge is 0.337 e. The van der Waals surface area contributed by atoms with Gasteiger partial charge in [-0.25, -0.2) is 9.59 Å². The minimum Gasteiger partial charge on any atom is -0.478 e. The van der Waals surface area contributed by atoms with E-state index in [1.807, 2.05) is 17.5 Å². The molecule has 0 unspecified atom stereocenters. The molecule has 0 fully saturated rings. The van der Waals surface area contributed by atoms with Gasteiger partial charge in [-0.05, 0) is 29.6 Å². The molecule has 0 radical (unpaired) electrons. The van der Waals surface area contributed by atoms with Crippen LogP contribution in [0.1, 0.15) is 15.2 Å². The maximum atomic E-state index is 11.7.